The van der Waals surface area contributed by atoms with E-state index < -0.39 is 0 Å². The Morgan fingerprint density at radius 1 is 1.21 bits per heavy atom. The lowest BCUT2D eigenvalue weighted by Crippen LogP contribution is -2.50. The van der Waals surface area contributed by atoms with Crippen molar-refractivity contribution in [1.82, 2.24) is 14.9 Å². The summed E-state index contributed by atoms with van der Waals surface area (Å²) in [4.78, 5) is 13.3. The van der Waals surface area contributed by atoms with E-state index in [9.17, 15) is 0 Å². The molecule has 128 valence electrons. The molecule has 6 nitrogen and oxygen atoms in total. The summed E-state index contributed by atoms with van der Waals surface area (Å²) in [5.41, 5.74) is 1.07. The first kappa shape index (κ1) is 16.5. The van der Waals surface area contributed by atoms with Crippen LogP contribution in [0.3, 0.4) is 0 Å². The third-order valence-corrected chi connectivity index (χ3v) is 4.52. The summed E-state index contributed by atoms with van der Waals surface area (Å²) in [6.07, 6.45) is 7.53. The molecule has 1 aromatic rings. The van der Waals surface area contributed by atoms with Crippen molar-refractivity contribution in [1.29, 1.82) is 0 Å². The SMILES string of the molecule is C=C(/C=C\C1=C(C)OCO1)[C@H](C)N1CCN(c2ncccn2)CC1. The Balaban J connectivity index is 1.53. The van der Waals surface area contributed by atoms with Crippen LogP contribution in [-0.4, -0.2) is 53.9 Å². The summed E-state index contributed by atoms with van der Waals surface area (Å²) >= 11 is 0. The maximum Gasteiger partial charge on any atom is 0.230 e. The molecule has 6 heteroatoms. The first-order valence-corrected chi connectivity index (χ1v) is 8.24. The molecule has 0 amide bonds. The summed E-state index contributed by atoms with van der Waals surface area (Å²) in [5.74, 6) is 2.42. The number of aromatic nitrogens is 2. The monoisotopic (exact) mass is 328 g/mol. The normalized spacial score (nSPS) is 20.2. The van der Waals surface area contributed by atoms with E-state index in [2.05, 4.69) is 33.3 Å². The highest BCUT2D eigenvalue weighted by Gasteiger charge is 2.23. The Morgan fingerprint density at radius 3 is 2.54 bits per heavy atom. The molecular weight excluding hydrogens is 304 g/mol. The zero-order valence-electron chi connectivity index (χ0n) is 14.3. The highest BCUT2D eigenvalue weighted by molar-refractivity contribution is 5.31. The van der Waals surface area contributed by atoms with E-state index in [-0.39, 0.29) is 6.04 Å². The third-order valence-electron chi connectivity index (χ3n) is 4.52. The smallest absolute Gasteiger partial charge is 0.230 e. The van der Waals surface area contributed by atoms with Crippen LogP contribution in [0.4, 0.5) is 5.95 Å². The highest BCUT2D eigenvalue weighted by atomic mass is 16.7. The van der Waals surface area contributed by atoms with Crippen LogP contribution in [0, 0.1) is 0 Å². The second-order valence-corrected chi connectivity index (χ2v) is 5.98. The van der Waals surface area contributed by atoms with Crippen molar-refractivity contribution < 1.29 is 9.47 Å². The van der Waals surface area contributed by atoms with Gasteiger partial charge in [0.25, 0.3) is 0 Å². The fourth-order valence-electron chi connectivity index (χ4n) is 2.84. The molecule has 1 aromatic heterocycles. The molecule has 3 heterocycles. The summed E-state index contributed by atoms with van der Waals surface area (Å²) in [6.45, 7) is 12.4. The van der Waals surface area contributed by atoms with Gasteiger partial charge < -0.3 is 14.4 Å². The fourth-order valence-corrected chi connectivity index (χ4v) is 2.84. The number of allylic oxidation sites excluding steroid dienone is 2. The predicted octanol–water partition coefficient (Wildman–Crippen LogP) is 2.34. The first-order valence-electron chi connectivity index (χ1n) is 8.24. The summed E-state index contributed by atoms with van der Waals surface area (Å²) < 4.78 is 10.7. The molecule has 0 aliphatic carbocycles. The zero-order chi connectivity index (χ0) is 16.9. The average Bonchev–Trinajstić information content (AvgIpc) is 3.05. The van der Waals surface area contributed by atoms with E-state index >= 15 is 0 Å². The van der Waals surface area contributed by atoms with Gasteiger partial charge in [-0.05, 0) is 31.6 Å². The van der Waals surface area contributed by atoms with Crippen molar-refractivity contribution in [2.45, 2.75) is 19.9 Å². The van der Waals surface area contributed by atoms with Crippen LogP contribution in [0.25, 0.3) is 0 Å². The van der Waals surface area contributed by atoms with Gasteiger partial charge in [-0.2, -0.15) is 0 Å². The number of hydrogen-bond donors (Lipinski definition) is 0. The van der Waals surface area contributed by atoms with Crippen molar-refractivity contribution in [3.63, 3.8) is 0 Å². The van der Waals surface area contributed by atoms with E-state index in [0.29, 0.717) is 6.79 Å². The fraction of sp³-hybridized carbons (Fsp3) is 0.444. The van der Waals surface area contributed by atoms with E-state index in [1.54, 1.807) is 12.4 Å². The van der Waals surface area contributed by atoms with Crippen LogP contribution in [0.2, 0.25) is 0 Å². The van der Waals surface area contributed by atoms with Crippen molar-refractivity contribution in [2.75, 3.05) is 37.9 Å². The Bertz CT molecular complexity index is 634. The number of anilines is 1. The van der Waals surface area contributed by atoms with Gasteiger partial charge in [0, 0.05) is 44.6 Å². The Labute approximate surface area is 143 Å². The number of hydrogen-bond acceptors (Lipinski definition) is 6. The molecule has 1 atom stereocenters. The molecule has 0 bridgehead atoms. The Kier molecular flexibility index (Phi) is 5.15. The lowest BCUT2D eigenvalue weighted by Gasteiger charge is -2.38. The standard InChI is InChI=1S/C18H24N4O2/c1-14(5-6-17-16(3)23-13-24-17)15(2)21-9-11-22(12-10-21)18-19-7-4-8-20-18/h4-8,15H,1,9-13H2,2-3H3/b6-5-/t15-/m0/s1. The van der Waals surface area contributed by atoms with Gasteiger partial charge in [0.2, 0.25) is 12.7 Å². The van der Waals surface area contributed by atoms with Crippen molar-refractivity contribution >= 4 is 5.95 Å². The molecule has 0 unspecified atom stereocenters. The van der Waals surface area contributed by atoms with Gasteiger partial charge in [-0.1, -0.05) is 12.7 Å². The van der Waals surface area contributed by atoms with Gasteiger partial charge in [0.15, 0.2) is 5.76 Å². The van der Waals surface area contributed by atoms with Crippen molar-refractivity contribution in [3.8, 4) is 0 Å². The summed E-state index contributed by atoms with van der Waals surface area (Å²) in [6, 6.07) is 2.12. The Hall–Kier alpha value is -2.34. The van der Waals surface area contributed by atoms with Crippen molar-refractivity contribution in [2.24, 2.45) is 0 Å². The number of ether oxygens (including phenoxy) is 2. The molecule has 24 heavy (non-hydrogen) atoms. The van der Waals surface area contributed by atoms with Crippen LogP contribution in [0.5, 0.6) is 0 Å². The van der Waals surface area contributed by atoms with Gasteiger partial charge in [0.1, 0.15) is 5.76 Å². The second-order valence-electron chi connectivity index (χ2n) is 5.98. The minimum absolute atomic E-state index is 0.281. The maximum atomic E-state index is 5.40. The minimum Gasteiger partial charge on any atom is -0.458 e. The van der Waals surface area contributed by atoms with E-state index in [1.807, 2.05) is 25.1 Å². The largest absolute Gasteiger partial charge is 0.458 e. The summed E-state index contributed by atoms with van der Waals surface area (Å²) in [7, 11) is 0. The molecule has 0 N–H and O–H groups in total. The van der Waals surface area contributed by atoms with Gasteiger partial charge in [-0.3, -0.25) is 4.90 Å². The molecule has 1 fully saturated rings. The van der Waals surface area contributed by atoms with Gasteiger partial charge in [0.05, 0.1) is 0 Å². The molecular formula is C18H24N4O2. The lowest BCUT2D eigenvalue weighted by molar-refractivity contribution is 0.0750. The van der Waals surface area contributed by atoms with E-state index in [1.165, 1.54) is 0 Å². The van der Waals surface area contributed by atoms with Crippen LogP contribution < -0.4 is 4.90 Å². The molecule has 0 aromatic carbocycles. The minimum atomic E-state index is 0.281. The van der Waals surface area contributed by atoms with Gasteiger partial charge >= 0.3 is 0 Å². The predicted molar refractivity (Wildman–Crippen MR) is 93.3 cm³/mol. The number of nitrogens with zero attached hydrogens (tertiary/aromatic N) is 4. The van der Waals surface area contributed by atoms with Gasteiger partial charge in [-0.15, -0.1) is 0 Å². The summed E-state index contributed by atoms with van der Waals surface area (Å²) in [5, 5.41) is 0. The molecule has 2 aliphatic heterocycles. The number of rotatable bonds is 5. The quantitative estimate of drug-likeness (QED) is 0.773. The molecule has 1 saturated heterocycles. The van der Waals surface area contributed by atoms with Crippen LogP contribution in [-0.2, 0) is 9.47 Å². The average molecular weight is 328 g/mol. The van der Waals surface area contributed by atoms with Crippen LogP contribution in [0.1, 0.15) is 13.8 Å². The third kappa shape index (κ3) is 3.76. The van der Waals surface area contributed by atoms with Crippen LogP contribution >= 0.6 is 0 Å². The zero-order valence-corrected chi connectivity index (χ0v) is 14.3. The number of piperazine rings is 1. The van der Waals surface area contributed by atoms with Crippen molar-refractivity contribution in [3.05, 3.63) is 54.3 Å². The molecule has 3 rings (SSSR count). The lowest BCUT2D eigenvalue weighted by atomic mass is 10.1. The van der Waals surface area contributed by atoms with Gasteiger partial charge in [-0.25, -0.2) is 9.97 Å². The topological polar surface area (TPSA) is 50.7 Å². The van der Waals surface area contributed by atoms with E-state index in [4.69, 9.17) is 9.47 Å². The second kappa shape index (κ2) is 7.49. The maximum absolute atomic E-state index is 5.40. The highest BCUT2D eigenvalue weighted by Crippen LogP contribution is 2.19. The Morgan fingerprint density at radius 2 is 1.92 bits per heavy atom. The molecule has 2 aliphatic rings. The molecule has 0 radical (unpaired) electrons. The molecule has 0 saturated carbocycles. The van der Waals surface area contributed by atoms with E-state index in [0.717, 1.165) is 49.2 Å². The first-order chi connectivity index (χ1) is 11.6. The van der Waals surface area contributed by atoms with Crippen LogP contribution in [0.15, 0.2) is 54.3 Å². The molecule has 0 spiro atoms.